The van der Waals surface area contributed by atoms with Crippen LogP contribution in [-0.2, 0) is 0 Å². The Labute approximate surface area is 72.5 Å². The summed E-state index contributed by atoms with van der Waals surface area (Å²) < 4.78 is 2.35. The van der Waals surface area contributed by atoms with Crippen molar-refractivity contribution < 1.29 is 0 Å². The molecule has 0 bridgehead atoms. The van der Waals surface area contributed by atoms with Crippen molar-refractivity contribution in [2.45, 2.75) is 26.2 Å². The third-order valence-corrected chi connectivity index (χ3v) is 3.43. The first-order valence-electron chi connectivity index (χ1n) is 3.93. The molecule has 0 N–H and O–H groups in total. The molecule has 0 aliphatic carbocycles. The summed E-state index contributed by atoms with van der Waals surface area (Å²) in [6.07, 6.45) is 4.10. The normalized spacial score (nSPS) is 28.8. The molecule has 1 aliphatic heterocycles. The lowest BCUT2D eigenvalue weighted by Crippen LogP contribution is -2.28. The minimum Gasteiger partial charge on any atom is -0.241 e. The first-order chi connectivity index (χ1) is 4.86. The molecule has 10 heavy (non-hydrogen) atoms. The van der Waals surface area contributed by atoms with Gasteiger partial charge in [-0.25, -0.2) is 4.31 Å². The summed E-state index contributed by atoms with van der Waals surface area (Å²) >= 11 is 4.19. The van der Waals surface area contributed by atoms with Gasteiger partial charge in [0.05, 0.1) is 0 Å². The van der Waals surface area contributed by atoms with Gasteiger partial charge in [-0.2, -0.15) is 0 Å². The topological polar surface area (TPSA) is 3.24 Å². The van der Waals surface area contributed by atoms with Gasteiger partial charge in [0.25, 0.3) is 0 Å². The molecule has 1 heterocycles. The highest BCUT2D eigenvalue weighted by molar-refractivity contribution is 8.67. The summed E-state index contributed by atoms with van der Waals surface area (Å²) in [4.78, 5) is 0. The van der Waals surface area contributed by atoms with Crippen molar-refractivity contribution in [1.29, 1.82) is 0 Å². The standard InChI is InChI=1S/C7H15NS2/c1-2-7-4-3-5-8(6-7)10-9/h7,9H,2-6H2,1H3. The van der Waals surface area contributed by atoms with Gasteiger partial charge in [0.15, 0.2) is 0 Å². The molecule has 1 atom stereocenters. The van der Waals surface area contributed by atoms with Crippen molar-refractivity contribution in [2.24, 2.45) is 5.92 Å². The van der Waals surface area contributed by atoms with Crippen molar-refractivity contribution in [1.82, 2.24) is 4.31 Å². The molecule has 0 aromatic carbocycles. The minimum atomic E-state index is 0.924. The van der Waals surface area contributed by atoms with Gasteiger partial charge in [-0.1, -0.05) is 25.0 Å². The number of piperidine rings is 1. The van der Waals surface area contributed by atoms with Gasteiger partial charge < -0.3 is 0 Å². The van der Waals surface area contributed by atoms with Gasteiger partial charge in [-0.05, 0) is 29.7 Å². The summed E-state index contributed by atoms with van der Waals surface area (Å²) in [5, 5.41) is 0. The summed E-state index contributed by atoms with van der Waals surface area (Å²) in [5.74, 6) is 0.924. The van der Waals surface area contributed by atoms with Crippen LogP contribution in [0.2, 0.25) is 0 Å². The van der Waals surface area contributed by atoms with E-state index in [9.17, 15) is 0 Å². The molecule has 60 valence electrons. The van der Waals surface area contributed by atoms with Crippen LogP contribution < -0.4 is 0 Å². The SMILES string of the molecule is CCC1CCCN(SS)C1. The second kappa shape index (κ2) is 4.52. The monoisotopic (exact) mass is 177 g/mol. The largest absolute Gasteiger partial charge is 0.241 e. The van der Waals surface area contributed by atoms with Crippen LogP contribution >= 0.6 is 22.6 Å². The number of hydrogen-bond acceptors (Lipinski definition) is 3. The minimum absolute atomic E-state index is 0.924. The van der Waals surface area contributed by atoms with Crippen LogP contribution in [0.4, 0.5) is 0 Å². The lowest BCUT2D eigenvalue weighted by molar-refractivity contribution is 0.281. The lowest BCUT2D eigenvalue weighted by atomic mass is 9.97. The first kappa shape index (κ1) is 8.75. The molecule has 1 nitrogen and oxygen atoms in total. The van der Waals surface area contributed by atoms with E-state index in [1.807, 2.05) is 0 Å². The molecule has 1 saturated heterocycles. The number of nitrogens with zero attached hydrogens (tertiary/aromatic N) is 1. The Bertz CT molecular complexity index is 87.6. The smallest absolute Gasteiger partial charge is 0.0125 e. The average Bonchev–Trinajstić information content (AvgIpc) is 2.05. The third-order valence-electron chi connectivity index (χ3n) is 2.17. The maximum atomic E-state index is 4.19. The van der Waals surface area contributed by atoms with Gasteiger partial charge >= 0.3 is 0 Å². The molecular weight excluding hydrogens is 162 g/mol. The molecule has 0 saturated carbocycles. The van der Waals surface area contributed by atoms with E-state index in [4.69, 9.17) is 0 Å². The Balaban J connectivity index is 2.25. The van der Waals surface area contributed by atoms with Gasteiger partial charge in [0.2, 0.25) is 0 Å². The second-order valence-corrected chi connectivity index (χ2v) is 4.06. The maximum Gasteiger partial charge on any atom is 0.0125 e. The molecule has 1 rings (SSSR count). The Hall–Kier alpha value is 0.660. The zero-order valence-electron chi connectivity index (χ0n) is 6.42. The van der Waals surface area contributed by atoms with Crippen LogP contribution in [0.15, 0.2) is 0 Å². The van der Waals surface area contributed by atoms with E-state index < -0.39 is 0 Å². The fraction of sp³-hybridized carbons (Fsp3) is 1.00. The molecule has 1 unspecified atom stereocenters. The van der Waals surface area contributed by atoms with Crippen molar-refractivity contribution in [3.05, 3.63) is 0 Å². The van der Waals surface area contributed by atoms with Crippen molar-refractivity contribution in [3.63, 3.8) is 0 Å². The van der Waals surface area contributed by atoms with Crippen LogP contribution in [-0.4, -0.2) is 17.4 Å². The Morgan fingerprint density at radius 1 is 1.70 bits per heavy atom. The summed E-state index contributed by atoms with van der Waals surface area (Å²) in [5.41, 5.74) is 0. The molecule has 0 aromatic heterocycles. The zero-order chi connectivity index (χ0) is 7.40. The highest BCUT2D eigenvalue weighted by atomic mass is 33.1. The Morgan fingerprint density at radius 2 is 2.50 bits per heavy atom. The highest BCUT2D eigenvalue weighted by Crippen LogP contribution is 2.25. The fourth-order valence-corrected chi connectivity index (χ4v) is 2.37. The van der Waals surface area contributed by atoms with Crippen molar-refractivity contribution in [3.8, 4) is 0 Å². The highest BCUT2D eigenvalue weighted by Gasteiger charge is 2.17. The van der Waals surface area contributed by atoms with Crippen molar-refractivity contribution in [2.75, 3.05) is 13.1 Å². The van der Waals surface area contributed by atoms with E-state index in [2.05, 4.69) is 22.9 Å². The first-order valence-corrected chi connectivity index (χ1v) is 5.76. The number of hydrogen-bond donors (Lipinski definition) is 1. The van der Waals surface area contributed by atoms with Gasteiger partial charge in [0, 0.05) is 13.1 Å². The lowest BCUT2D eigenvalue weighted by Gasteiger charge is -2.29. The van der Waals surface area contributed by atoms with E-state index in [-0.39, 0.29) is 0 Å². The number of rotatable bonds is 2. The van der Waals surface area contributed by atoms with E-state index in [0.29, 0.717) is 0 Å². The summed E-state index contributed by atoms with van der Waals surface area (Å²) in [6.45, 7) is 4.74. The predicted molar refractivity (Wildman–Crippen MR) is 51.2 cm³/mol. The van der Waals surface area contributed by atoms with E-state index >= 15 is 0 Å². The summed E-state index contributed by atoms with van der Waals surface area (Å²) in [6, 6.07) is 0. The van der Waals surface area contributed by atoms with Gasteiger partial charge in [-0.3, -0.25) is 0 Å². The van der Waals surface area contributed by atoms with Crippen LogP contribution in [0.25, 0.3) is 0 Å². The predicted octanol–water partition coefficient (Wildman–Crippen LogP) is 2.60. The molecule has 0 amide bonds. The molecule has 1 aliphatic rings. The van der Waals surface area contributed by atoms with Gasteiger partial charge in [-0.15, -0.1) is 0 Å². The average molecular weight is 177 g/mol. The molecule has 0 aromatic rings. The van der Waals surface area contributed by atoms with E-state index in [1.54, 1.807) is 11.0 Å². The molecule has 1 fully saturated rings. The summed E-state index contributed by atoms with van der Waals surface area (Å²) in [7, 11) is 1.59. The molecule has 3 heteroatoms. The molecule has 0 radical (unpaired) electrons. The Kier molecular flexibility index (Phi) is 3.96. The van der Waals surface area contributed by atoms with Crippen LogP contribution in [0.5, 0.6) is 0 Å². The second-order valence-electron chi connectivity index (χ2n) is 2.89. The van der Waals surface area contributed by atoms with E-state index in [0.717, 1.165) is 5.92 Å². The van der Waals surface area contributed by atoms with Crippen molar-refractivity contribution >= 4 is 22.6 Å². The van der Waals surface area contributed by atoms with Crippen LogP contribution in [0.3, 0.4) is 0 Å². The Morgan fingerprint density at radius 3 is 3.10 bits per heavy atom. The van der Waals surface area contributed by atoms with Crippen LogP contribution in [0, 0.1) is 5.92 Å². The third kappa shape index (κ3) is 2.36. The quantitative estimate of drug-likeness (QED) is 0.392. The molecule has 0 spiro atoms. The maximum absolute atomic E-state index is 4.19. The van der Waals surface area contributed by atoms with Crippen LogP contribution in [0.1, 0.15) is 26.2 Å². The van der Waals surface area contributed by atoms with Gasteiger partial charge in [0.1, 0.15) is 0 Å². The van der Waals surface area contributed by atoms with E-state index in [1.165, 1.54) is 32.4 Å². The fourth-order valence-electron chi connectivity index (χ4n) is 1.43. The number of thiol groups is 1. The zero-order valence-corrected chi connectivity index (χ0v) is 8.13. The molecular formula is C7H15NS2.